The topological polar surface area (TPSA) is 60.7 Å². The second kappa shape index (κ2) is 7.53. The van der Waals surface area contributed by atoms with Gasteiger partial charge in [0, 0.05) is 17.2 Å². The molecule has 0 aliphatic carbocycles. The van der Waals surface area contributed by atoms with Crippen LogP contribution in [0.4, 0.5) is 0 Å². The van der Waals surface area contributed by atoms with Crippen LogP contribution in [0.2, 0.25) is 0 Å². The lowest BCUT2D eigenvalue weighted by molar-refractivity contribution is -0.141. The molecule has 128 valence electrons. The summed E-state index contributed by atoms with van der Waals surface area (Å²) in [5.74, 6) is -0.115. The van der Waals surface area contributed by atoms with E-state index in [9.17, 15) is 9.59 Å². The van der Waals surface area contributed by atoms with Gasteiger partial charge in [0.15, 0.2) is 0 Å². The van der Waals surface area contributed by atoms with E-state index in [1.54, 1.807) is 12.3 Å². The molecule has 0 bridgehead atoms. The van der Waals surface area contributed by atoms with Gasteiger partial charge in [-0.1, -0.05) is 24.3 Å². The number of esters is 1. The first kappa shape index (κ1) is 17.2. The highest BCUT2D eigenvalue weighted by molar-refractivity contribution is 8.00. The molecule has 0 aliphatic rings. The lowest BCUT2D eigenvalue weighted by atomic mass is 10.2. The summed E-state index contributed by atoms with van der Waals surface area (Å²) in [4.78, 5) is 29.5. The molecule has 0 fully saturated rings. The van der Waals surface area contributed by atoms with E-state index in [0.29, 0.717) is 11.3 Å². The van der Waals surface area contributed by atoms with Gasteiger partial charge in [-0.25, -0.2) is 4.98 Å². The van der Waals surface area contributed by atoms with E-state index in [0.717, 1.165) is 16.0 Å². The van der Waals surface area contributed by atoms with Crippen LogP contribution in [0.5, 0.6) is 0 Å². The van der Waals surface area contributed by atoms with Gasteiger partial charge in [-0.3, -0.25) is 14.0 Å². The van der Waals surface area contributed by atoms with Crippen molar-refractivity contribution in [3.05, 3.63) is 75.8 Å². The largest absolute Gasteiger partial charge is 0.459 e. The zero-order valence-electron chi connectivity index (χ0n) is 14.1. The fraction of sp³-hybridized carbons (Fsp3) is 0.211. The molecule has 3 rings (SSSR count). The molecule has 0 aliphatic heterocycles. The van der Waals surface area contributed by atoms with Gasteiger partial charge in [0.2, 0.25) is 0 Å². The standard InChI is InChI=1S/C19H18N2O3S/c1-13-7-8-17-20-15(9-18(22)21(17)10-13)11-24-19(23)12-25-16-6-4-3-5-14(16)2/h3-10H,11-12H2,1-2H3. The molecule has 6 heteroatoms. The first-order valence-corrected chi connectivity index (χ1v) is 8.84. The van der Waals surface area contributed by atoms with Gasteiger partial charge in [-0.2, -0.15) is 0 Å². The van der Waals surface area contributed by atoms with Crippen molar-refractivity contribution in [2.24, 2.45) is 0 Å². The predicted molar refractivity (Wildman–Crippen MR) is 97.9 cm³/mol. The quantitative estimate of drug-likeness (QED) is 0.520. The number of pyridine rings is 1. The van der Waals surface area contributed by atoms with Crippen LogP contribution in [0.3, 0.4) is 0 Å². The van der Waals surface area contributed by atoms with Gasteiger partial charge >= 0.3 is 5.97 Å². The molecule has 0 atom stereocenters. The highest BCUT2D eigenvalue weighted by Gasteiger charge is 2.08. The fourth-order valence-electron chi connectivity index (χ4n) is 2.38. The highest BCUT2D eigenvalue weighted by Crippen LogP contribution is 2.21. The molecule has 0 saturated heterocycles. The van der Waals surface area contributed by atoms with Gasteiger partial charge in [-0.15, -0.1) is 11.8 Å². The van der Waals surface area contributed by atoms with Crippen molar-refractivity contribution in [3.63, 3.8) is 0 Å². The smallest absolute Gasteiger partial charge is 0.316 e. The van der Waals surface area contributed by atoms with Crippen LogP contribution in [0.15, 0.2) is 58.4 Å². The summed E-state index contributed by atoms with van der Waals surface area (Å²) in [6, 6.07) is 12.9. The minimum absolute atomic E-state index is 0.00716. The van der Waals surface area contributed by atoms with Crippen LogP contribution in [0, 0.1) is 13.8 Å². The molecule has 0 saturated carbocycles. The highest BCUT2D eigenvalue weighted by atomic mass is 32.2. The minimum Gasteiger partial charge on any atom is -0.459 e. The number of nitrogens with zero attached hydrogens (tertiary/aromatic N) is 2. The lowest BCUT2D eigenvalue weighted by Crippen LogP contribution is -2.17. The molecular weight excluding hydrogens is 336 g/mol. The molecule has 0 spiro atoms. The van der Waals surface area contributed by atoms with E-state index < -0.39 is 0 Å². The maximum atomic E-state index is 12.1. The number of carbonyl (C=O) groups excluding carboxylic acids is 1. The monoisotopic (exact) mass is 354 g/mol. The minimum atomic E-state index is -0.334. The Morgan fingerprint density at radius 2 is 2.00 bits per heavy atom. The van der Waals surface area contributed by atoms with Gasteiger partial charge in [-0.05, 0) is 37.1 Å². The molecule has 0 radical (unpaired) electrons. The number of fused-ring (bicyclic) bond motifs is 1. The SMILES string of the molecule is Cc1ccc2nc(COC(=O)CSc3ccccc3C)cc(=O)n2c1. The first-order valence-electron chi connectivity index (χ1n) is 7.86. The molecule has 3 aromatic rings. The Bertz CT molecular complexity index is 982. The number of carbonyl (C=O) groups is 1. The van der Waals surface area contributed by atoms with Gasteiger partial charge in [0.25, 0.3) is 5.56 Å². The number of aromatic nitrogens is 2. The molecule has 0 amide bonds. The Balaban J connectivity index is 1.62. The van der Waals surface area contributed by atoms with Gasteiger partial charge in [0.05, 0.1) is 11.4 Å². The second-order valence-electron chi connectivity index (χ2n) is 5.74. The van der Waals surface area contributed by atoms with Crippen LogP contribution in [0.25, 0.3) is 5.65 Å². The van der Waals surface area contributed by atoms with Crippen LogP contribution in [-0.2, 0) is 16.1 Å². The maximum Gasteiger partial charge on any atom is 0.316 e. The van der Waals surface area contributed by atoms with Crippen molar-refractivity contribution in [1.29, 1.82) is 0 Å². The third-order valence-corrected chi connectivity index (χ3v) is 4.83. The van der Waals surface area contributed by atoms with Crippen molar-refractivity contribution in [2.45, 2.75) is 25.3 Å². The normalized spacial score (nSPS) is 10.8. The van der Waals surface area contributed by atoms with E-state index in [1.165, 1.54) is 22.2 Å². The van der Waals surface area contributed by atoms with E-state index in [1.807, 2.05) is 44.2 Å². The van der Waals surface area contributed by atoms with Gasteiger partial charge in [0.1, 0.15) is 12.3 Å². The van der Waals surface area contributed by atoms with Gasteiger partial charge < -0.3 is 4.74 Å². The Hall–Kier alpha value is -2.60. The van der Waals surface area contributed by atoms with Crippen LogP contribution in [0.1, 0.15) is 16.8 Å². The third kappa shape index (κ3) is 4.28. The molecule has 0 unspecified atom stereocenters. The lowest BCUT2D eigenvalue weighted by Gasteiger charge is -2.07. The number of benzene rings is 1. The average Bonchev–Trinajstić information content (AvgIpc) is 2.60. The first-order chi connectivity index (χ1) is 12.0. The third-order valence-electron chi connectivity index (χ3n) is 3.68. The Kier molecular flexibility index (Phi) is 5.19. The number of ether oxygens (including phenoxy) is 1. The maximum absolute atomic E-state index is 12.1. The van der Waals surface area contributed by atoms with Crippen LogP contribution < -0.4 is 5.56 Å². The molecule has 2 heterocycles. The fourth-order valence-corrected chi connectivity index (χ4v) is 3.21. The molecule has 25 heavy (non-hydrogen) atoms. The predicted octanol–water partition coefficient (Wildman–Crippen LogP) is 3.15. The summed E-state index contributed by atoms with van der Waals surface area (Å²) in [5.41, 5.74) is 2.90. The number of hydrogen-bond acceptors (Lipinski definition) is 5. The molecule has 5 nitrogen and oxygen atoms in total. The number of thioether (sulfide) groups is 1. The van der Waals surface area contributed by atoms with Crippen LogP contribution in [-0.4, -0.2) is 21.1 Å². The Labute approximate surface area is 149 Å². The summed E-state index contributed by atoms with van der Waals surface area (Å²) in [7, 11) is 0. The average molecular weight is 354 g/mol. The number of hydrogen-bond donors (Lipinski definition) is 0. The summed E-state index contributed by atoms with van der Waals surface area (Å²) < 4.78 is 6.73. The number of rotatable bonds is 5. The van der Waals surface area contributed by atoms with E-state index in [2.05, 4.69) is 4.98 Å². The van der Waals surface area contributed by atoms with E-state index in [4.69, 9.17) is 4.74 Å². The summed E-state index contributed by atoms with van der Waals surface area (Å²) >= 11 is 1.44. The van der Waals surface area contributed by atoms with Crippen molar-refractivity contribution < 1.29 is 9.53 Å². The summed E-state index contributed by atoms with van der Waals surface area (Å²) in [6.07, 6.45) is 1.74. The van der Waals surface area contributed by atoms with E-state index in [-0.39, 0.29) is 23.9 Å². The molecule has 2 aromatic heterocycles. The summed E-state index contributed by atoms with van der Waals surface area (Å²) in [6.45, 7) is 3.91. The number of aryl methyl sites for hydroxylation is 2. The Morgan fingerprint density at radius 3 is 2.80 bits per heavy atom. The second-order valence-corrected chi connectivity index (χ2v) is 6.75. The van der Waals surface area contributed by atoms with Crippen molar-refractivity contribution in [2.75, 3.05) is 5.75 Å². The van der Waals surface area contributed by atoms with Crippen molar-refractivity contribution in [1.82, 2.24) is 9.38 Å². The van der Waals surface area contributed by atoms with Crippen molar-refractivity contribution in [3.8, 4) is 0 Å². The zero-order chi connectivity index (χ0) is 17.8. The molecular formula is C19H18N2O3S. The van der Waals surface area contributed by atoms with Crippen molar-refractivity contribution >= 4 is 23.4 Å². The zero-order valence-corrected chi connectivity index (χ0v) is 14.9. The molecule has 0 N–H and O–H groups in total. The van der Waals surface area contributed by atoms with E-state index >= 15 is 0 Å². The Morgan fingerprint density at radius 1 is 1.20 bits per heavy atom. The summed E-state index contributed by atoms with van der Waals surface area (Å²) in [5, 5.41) is 0. The van der Waals surface area contributed by atoms with Crippen LogP contribution >= 0.6 is 11.8 Å². The molecule has 1 aromatic carbocycles.